The van der Waals surface area contributed by atoms with E-state index in [2.05, 4.69) is 10.2 Å². The second-order valence-corrected chi connectivity index (χ2v) is 4.48. The SMILES string of the molecule is Clc1ccc(-c2nnc3ccc(Cl)cn23)cc1. The summed E-state index contributed by atoms with van der Waals surface area (Å²) in [5, 5.41) is 9.57. The van der Waals surface area contributed by atoms with Gasteiger partial charge in [-0.15, -0.1) is 10.2 Å². The molecule has 0 unspecified atom stereocenters. The Bertz CT molecular complexity index is 674. The normalized spacial score (nSPS) is 10.9. The van der Waals surface area contributed by atoms with E-state index >= 15 is 0 Å². The van der Waals surface area contributed by atoms with E-state index in [1.54, 1.807) is 12.3 Å². The highest BCUT2D eigenvalue weighted by Gasteiger charge is 2.07. The zero-order valence-electron chi connectivity index (χ0n) is 8.64. The van der Waals surface area contributed by atoms with Gasteiger partial charge in [0.2, 0.25) is 0 Å². The van der Waals surface area contributed by atoms with E-state index in [4.69, 9.17) is 23.2 Å². The van der Waals surface area contributed by atoms with Gasteiger partial charge in [0.25, 0.3) is 0 Å². The number of rotatable bonds is 1. The Balaban J connectivity index is 2.23. The summed E-state index contributed by atoms with van der Waals surface area (Å²) in [5.41, 5.74) is 1.71. The fourth-order valence-electron chi connectivity index (χ4n) is 1.66. The first-order valence-electron chi connectivity index (χ1n) is 5.00. The molecule has 0 radical (unpaired) electrons. The molecule has 2 heterocycles. The maximum absolute atomic E-state index is 5.96. The van der Waals surface area contributed by atoms with Crippen LogP contribution in [0.1, 0.15) is 0 Å². The Kier molecular flexibility index (Phi) is 2.50. The lowest BCUT2D eigenvalue weighted by Crippen LogP contribution is -1.88. The molecule has 0 N–H and O–H groups in total. The lowest BCUT2D eigenvalue weighted by molar-refractivity contribution is 1.11. The third-order valence-electron chi connectivity index (χ3n) is 2.47. The molecule has 1 aromatic carbocycles. The molecule has 0 saturated heterocycles. The summed E-state index contributed by atoms with van der Waals surface area (Å²) in [6.45, 7) is 0. The Morgan fingerprint density at radius 3 is 2.29 bits per heavy atom. The lowest BCUT2D eigenvalue weighted by atomic mass is 10.2. The van der Waals surface area contributed by atoms with Crippen LogP contribution in [0.15, 0.2) is 42.6 Å². The van der Waals surface area contributed by atoms with Crippen molar-refractivity contribution in [2.24, 2.45) is 0 Å². The fourth-order valence-corrected chi connectivity index (χ4v) is 1.95. The molecule has 5 heteroatoms. The molecule has 0 atom stereocenters. The molecule has 0 amide bonds. The lowest BCUT2D eigenvalue weighted by Gasteiger charge is -2.00. The van der Waals surface area contributed by atoms with Crippen molar-refractivity contribution in [3.63, 3.8) is 0 Å². The number of aromatic nitrogens is 3. The average molecular weight is 264 g/mol. The van der Waals surface area contributed by atoms with Crippen LogP contribution in [0.4, 0.5) is 0 Å². The second-order valence-electron chi connectivity index (χ2n) is 3.61. The van der Waals surface area contributed by atoms with Crippen LogP contribution in [0.25, 0.3) is 17.0 Å². The molecule has 3 nitrogen and oxygen atoms in total. The highest BCUT2D eigenvalue weighted by atomic mass is 35.5. The molecule has 0 aliphatic rings. The van der Waals surface area contributed by atoms with Crippen LogP contribution in [0, 0.1) is 0 Å². The molecule has 0 aliphatic carbocycles. The van der Waals surface area contributed by atoms with Crippen LogP contribution in [0.2, 0.25) is 10.0 Å². The van der Waals surface area contributed by atoms with Gasteiger partial charge in [-0.1, -0.05) is 23.2 Å². The first-order chi connectivity index (χ1) is 8.24. The van der Waals surface area contributed by atoms with E-state index < -0.39 is 0 Å². The largest absolute Gasteiger partial charge is 0.281 e. The minimum Gasteiger partial charge on any atom is -0.281 e. The third-order valence-corrected chi connectivity index (χ3v) is 2.94. The molecule has 0 bridgehead atoms. The maximum atomic E-state index is 5.96. The van der Waals surface area contributed by atoms with Crippen molar-refractivity contribution >= 4 is 28.8 Å². The number of nitrogens with zero attached hydrogens (tertiary/aromatic N) is 3. The Labute approximate surface area is 108 Å². The molecular formula is C12H7Cl2N3. The molecule has 0 aliphatic heterocycles. The summed E-state index contributed by atoms with van der Waals surface area (Å²) in [6.07, 6.45) is 1.79. The Hall–Kier alpha value is -1.58. The van der Waals surface area contributed by atoms with E-state index in [1.165, 1.54) is 0 Å². The van der Waals surface area contributed by atoms with E-state index in [9.17, 15) is 0 Å². The molecule has 3 rings (SSSR count). The van der Waals surface area contributed by atoms with Crippen LogP contribution >= 0.6 is 23.2 Å². The third kappa shape index (κ3) is 1.88. The first kappa shape index (κ1) is 10.6. The van der Waals surface area contributed by atoms with E-state index in [1.807, 2.05) is 34.7 Å². The van der Waals surface area contributed by atoms with Crippen LogP contribution in [0.5, 0.6) is 0 Å². The van der Waals surface area contributed by atoms with Crippen molar-refractivity contribution in [2.45, 2.75) is 0 Å². The Morgan fingerprint density at radius 1 is 0.824 bits per heavy atom. The van der Waals surface area contributed by atoms with Crippen molar-refractivity contribution in [1.29, 1.82) is 0 Å². The second kappa shape index (κ2) is 4.02. The number of pyridine rings is 1. The van der Waals surface area contributed by atoms with E-state index in [0.29, 0.717) is 10.0 Å². The van der Waals surface area contributed by atoms with E-state index in [0.717, 1.165) is 17.0 Å². The van der Waals surface area contributed by atoms with Crippen molar-refractivity contribution in [3.8, 4) is 11.4 Å². The van der Waals surface area contributed by atoms with Crippen LogP contribution in [-0.2, 0) is 0 Å². The summed E-state index contributed by atoms with van der Waals surface area (Å²) in [6, 6.07) is 11.1. The fraction of sp³-hybridized carbons (Fsp3) is 0. The summed E-state index contributed by atoms with van der Waals surface area (Å²) in [5.74, 6) is 0.749. The molecule has 2 aromatic heterocycles. The molecule has 0 fully saturated rings. The molecular weight excluding hydrogens is 257 g/mol. The molecule has 3 aromatic rings. The van der Waals surface area contributed by atoms with Crippen molar-refractivity contribution < 1.29 is 0 Å². The van der Waals surface area contributed by atoms with Gasteiger partial charge in [0.15, 0.2) is 11.5 Å². The molecule has 0 spiro atoms. The van der Waals surface area contributed by atoms with Crippen molar-refractivity contribution in [3.05, 3.63) is 52.6 Å². The zero-order chi connectivity index (χ0) is 11.8. The van der Waals surface area contributed by atoms with Crippen LogP contribution in [0.3, 0.4) is 0 Å². The van der Waals surface area contributed by atoms with Gasteiger partial charge in [-0.05, 0) is 36.4 Å². The first-order valence-corrected chi connectivity index (χ1v) is 5.76. The van der Waals surface area contributed by atoms with Crippen molar-refractivity contribution in [1.82, 2.24) is 14.6 Å². The van der Waals surface area contributed by atoms with Gasteiger partial charge >= 0.3 is 0 Å². The van der Waals surface area contributed by atoms with Crippen molar-refractivity contribution in [2.75, 3.05) is 0 Å². The van der Waals surface area contributed by atoms with Gasteiger partial charge in [0.1, 0.15) is 0 Å². The average Bonchev–Trinajstić information content (AvgIpc) is 2.73. The maximum Gasteiger partial charge on any atom is 0.168 e. The Morgan fingerprint density at radius 2 is 1.53 bits per heavy atom. The quantitative estimate of drug-likeness (QED) is 0.670. The van der Waals surface area contributed by atoms with Gasteiger partial charge in [0.05, 0.1) is 5.02 Å². The summed E-state index contributed by atoms with van der Waals surface area (Å²) in [4.78, 5) is 0. The molecule has 84 valence electrons. The minimum atomic E-state index is 0.646. The van der Waals surface area contributed by atoms with Gasteiger partial charge in [-0.25, -0.2) is 0 Å². The van der Waals surface area contributed by atoms with Crippen LogP contribution < -0.4 is 0 Å². The number of fused-ring (bicyclic) bond motifs is 1. The van der Waals surface area contributed by atoms with Gasteiger partial charge < -0.3 is 0 Å². The smallest absolute Gasteiger partial charge is 0.168 e. The van der Waals surface area contributed by atoms with Gasteiger partial charge in [-0.2, -0.15) is 0 Å². The van der Waals surface area contributed by atoms with Crippen LogP contribution in [-0.4, -0.2) is 14.6 Å². The highest BCUT2D eigenvalue weighted by Crippen LogP contribution is 2.21. The standard InChI is InChI=1S/C12H7Cl2N3/c13-9-3-1-8(2-4-9)12-16-15-11-6-5-10(14)7-17(11)12/h1-7H. The monoisotopic (exact) mass is 263 g/mol. The van der Waals surface area contributed by atoms with E-state index in [-0.39, 0.29) is 0 Å². The zero-order valence-corrected chi connectivity index (χ0v) is 10.2. The minimum absolute atomic E-state index is 0.646. The van der Waals surface area contributed by atoms with Gasteiger partial charge in [-0.3, -0.25) is 4.40 Å². The number of hydrogen-bond acceptors (Lipinski definition) is 2. The number of hydrogen-bond donors (Lipinski definition) is 0. The highest BCUT2D eigenvalue weighted by molar-refractivity contribution is 6.30. The summed E-state index contributed by atoms with van der Waals surface area (Å²) < 4.78 is 1.85. The van der Waals surface area contributed by atoms with Gasteiger partial charge in [0, 0.05) is 16.8 Å². The topological polar surface area (TPSA) is 30.2 Å². The number of halogens is 2. The number of benzene rings is 1. The molecule has 17 heavy (non-hydrogen) atoms. The predicted molar refractivity (Wildman–Crippen MR) is 68.4 cm³/mol. The molecule has 0 saturated carbocycles. The predicted octanol–water partition coefficient (Wildman–Crippen LogP) is 3.70. The summed E-state index contributed by atoms with van der Waals surface area (Å²) >= 11 is 11.8. The summed E-state index contributed by atoms with van der Waals surface area (Å²) in [7, 11) is 0.